The van der Waals surface area contributed by atoms with Gasteiger partial charge in [0.15, 0.2) is 0 Å². The number of hydrogen-bond acceptors (Lipinski definition) is 4. The summed E-state index contributed by atoms with van der Waals surface area (Å²) in [5.74, 6) is -0.684. The Balaban J connectivity index is 1.72. The van der Waals surface area contributed by atoms with E-state index in [0.29, 0.717) is 25.2 Å². The SMILES string of the molecule is Cn1cc(C(=O)N2CCN(Cc3ccccc3)CC2C(N)=O)cn1. The summed E-state index contributed by atoms with van der Waals surface area (Å²) < 4.78 is 1.57. The van der Waals surface area contributed by atoms with Crippen LogP contribution in [-0.4, -0.2) is 57.1 Å². The molecule has 2 aromatic rings. The monoisotopic (exact) mass is 327 g/mol. The van der Waals surface area contributed by atoms with Crippen molar-refractivity contribution in [2.45, 2.75) is 12.6 Å². The van der Waals surface area contributed by atoms with Gasteiger partial charge in [-0.15, -0.1) is 0 Å². The summed E-state index contributed by atoms with van der Waals surface area (Å²) in [6.45, 7) is 2.34. The standard InChI is InChI=1S/C17H21N5O2/c1-20-11-14(9-19-20)17(24)22-8-7-21(12-15(22)16(18)23)10-13-5-3-2-4-6-13/h2-6,9,11,15H,7-8,10,12H2,1H3,(H2,18,23). The van der Waals surface area contributed by atoms with Crippen LogP contribution in [0.4, 0.5) is 0 Å². The van der Waals surface area contributed by atoms with Crippen molar-refractivity contribution in [3.63, 3.8) is 0 Å². The van der Waals surface area contributed by atoms with Crippen molar-refractivity contribution in [3.8, 4) is 0 Å². The second-order valence-corrected chi connectivity index (χ2v) is 6.04. The molecule has 1 aliphatic rings. The van der Waals surface area contributed by atoms with Gasteiger partial charge in [0.25, 0.3) is 5.91 Å². The molecule has 1 aromatic carbocycles. The predicted molar refractivity (Wildman–Crippen MR) is 88.9 cm³/mol. The van der Waals surface area contributed by atoms with Gasteiger partial charge in [0.1, 0.15) is 6.04 Å². The first-order chi connectivity index (χ1) is 11.5. The molecule has 1 saturated heterocycles. The Morgan fingerprint density at radius 1 is 1.25 bits per heavy atom. The van der Waals surface area contributed by atoms with Crippen molar-refractivity contribution in [1.82, 2.24) is 19.6 Å². The smallest absolute Gasteiger partial charge is 0.257 e. The maximum absolute atomic E-state index is 12.6. The summed E-state index contributed by atoms with van der Waals surface area (Å²) in [4.78, 5) is 28.2. The van der Waals surface area contributed by atoms with Gasteiger partial charge in [-0.05, 0) is 5.56 Å². The molecule has 1 aromatic heterocycles. The van der Waals surface area contributed by atoms with Crippen LogP contribution in [0.25, 0.3) is 0 Å². The van der Waals surface area contributed by atoms with Crippen LogP contribution >= 0.6 is 0 Å². The molecule has 0 saturated carbocycles. The van der Waals surface area contributed by atoms with Crippen LogP contribution in [0.5, 0.6) is 0 Å². The Kier molecular flexibility index (Phi) is 4.61. The average Bonchev–Trinajstić information content (AvgIpc) is 3.01. The van der Waals surface area contributed by atoms with Crippen molar-refractivity contribution >= 4 is 11.8 Å². The number of aryl methyl sites for hydroxylation is 1. The van der Waals surface area contributed by atoms with E-state index in [9.17, 15) is 9.59 Å². The zero-order chi connectivity index (χ0) is 17.1. The Morgan fingerprint density at radius 2 is 2.00 bits per heavy atom. The molecular formula is C17H21N5O2. The van der Waals surface area contributed by atoms with Crippen molar-refractivity contribution in [3.05, 3.63) is 53.9 Å². The van der Waals surface area contributed by atoms with Gasteiger partial charge in [0.05, 0.1) is 11.8 Å². The minimum absolute atomic E-state index is 0.203. The number of benzene rings is 1. The molecule has 1 fully saturated rings. The van der Waals surface area contributed by atoms with Crippen LogP contribution in [0.2, 0.25) is 0 Å². The van der Waals surface area contributed by atoms with Gasteiger partial charge in [-0.1, -0.05) is 30.3 Å². The van der Waals surface area contributed by atoms with Gasteiger partial charge in [-0.25, -0.2) is 0 Å². The number of primary amides is 1. The molecule has 1 aliphatic heterocycles. The van der Waals surface area contributed by atoms with E-state index < -0.39 is 11.9 Å². The van der Waals surface area contributed by atoms with Gasteiger partial charge in [0, 0.05) is 39.4 Å². The number of rotatable bonds is 4. The third-order valence-electron chi connectivity index (χ3n) is 4.25. The zero-order valence-corrected chi connectivity index (χ0v) is 13.6. The molecule has 0 spiro atoms. The Hall–Kier alpha value is -2.67. The first kappa shape index (κ1) is 16.2. The highest BCUT2D eigenvalue weighted by Crippen LogP contribution is 2.16. The van der Waals surface area contributed by atoms with Gasteiger partial charge in [-0.3, -0.25) is 19.2 Å². The summed E-state index contributed by atoms with van der Waals surface area (Å²) in [6.07, 6.45) is 3.16. The lowest BCUT2D eigenvalue weighted by Gasteiger charge is -2.39. The van der Waals surface area contributed by atoms with E-state index in [1.165, 1.54) is 11.8 Å². The summed E-state index contributed by atoms with van der Waals surface area (Å²) >= 11 is 0. The quantitative estimate of drug-likeness (QED) is 0.871. The number of piperazine rings is 1. The first-order valence-electron chi connectivity index (χ1n) is 7.90. The van der Waals surface area contributed by atoms with Crippen molar-refractivity contribution in [2.24, 2.45) is 12.8 Å². The summed E-state index contributed by atoms with van der Waals surface area (Å²) in [5.41, 5.74) is 7.20. The largest absolute Gasteiger partial charge is 0.368 e. The fraction of sp³-hybridized carbons (Fsp3) is 0.353. The van der Waals surface area contributed by atoms with Crippen molar-refractivity contribution < 1.29 is 9.59 Å². The summed E-state index contributed by atoms with van der Waals surface area (Å²) in [6, 6.07) is 9.42. The number of carbonyl (C=O) groups excluding carboxylic acids is 2. The van der Waals surface area contributed by atoms with Crippen LogP contribution in [0, 0.1) is 0 Å². The van der Waals surface area contributed by atoms with E-state index in [-0.39, 0.29) is 5.91 Å². The lowest BCUT2D eigenvalue weighted by molar-refractivity contribution is -0.124. The molecule has 7 nitrogen and oxygen atoms in total. The lowest BCUT2D eigenvalue weighted by atomic mass is 10.1. The first-order valence-corrected chi connectivity index (χ1v) is 7.90. The topological polar surface area (TPSA) is 84.5 Å². The molecule has 7 heteroatoms. The van der Waals surface area contributed by atoms with Gasteiger partial charge >= 0.3 is 0 Å². The third kappa shape index (κ3) is 3.46. The normalized spacial score (nSPS) is 18.5. The Morgan fingerprint density at radius 3 is 2.62 bits per heavy atom. The molecule has 24 heavy (non-hydrogen) atoms. The van der Waals surface area contributed by atoms with E-state index in [4.69, 9.17) is 5.73 Å². The highest BCUT2D eigenvalue weighted by Gasteiger charge is 2.34. The number of hydrogen-bond donors (Lipinski definition) is 1. The molecule has 2 heterocycles. The van der Waals surface area contributed by atoms with Crippen LogP contribution in [0.1, 0.15) is 15.9 Å². The van der Waals surface area contributed by atoms with Gasteiger partial charge < -0.3 is 10.6 Å². The zero-order valence-electron chi connectivity index (χ0n) is 13.6. The number of carbonyl (C=O) groups is 2. The molecular weight excluding hydrogens is 306 g/mol. The van der Waals surface area contributed by atoms with Crippen molar-refractivity contribution in [1.29, 1.82) is 0 Å². The maximum Gasteiger partial charge on any atom is 0.257 e. The molecule has 0 radical (unpaired) electrons. The number of nitrogens with two attached hydrogens (primary N) is 1. The van der Waals surface area contributed by atoms with E-state index in [0.717, 1.165) is 6.54 Å². The van der Waals surface area contributed by atoms with Crippen LogP contribution in [0.15, 0.2) is 42.7 Å². The number of nitrogens with zero attached hydrogens (tertiary/aromatic N) is 4. The summed E-state index contributed by atoms with van der Waals surface area (Å²) in [7, 11) is 1.75. The molecule has 1 unspecified atom stereocenters. The predicted octanol–water partition coefficient (Wildman–Crippen LogP) is 0.232. The van der Waals surface area contributed by atoms with E-state index in [1.807, 2.05) is 30.3 Å². The van der Waals surface area contributed by atoms with Crippen molar-refractivity contribution in [2.75, 3.05) is 19.6 Å². The molecule has 126 valence electrons. The average molecular weight is 327 g/mol. The Bertz CT molecular complexity index is 728. The molecule has 2 N–H and O–H groups in total. The number of aromatic nitrogens is 2. The van der Waals surface area contributed by atoms with Crippen LogP contribution in [0.3, 0.4) is 0 Å². The maximum atomic E-state index is 12.6. The van der Waals surface area contributed by atoms with E-state index in [2.05, 4.69) is 10.00 Å². The highest BCUT2D eigenvalue weighted by molar-refractivity contribution is 5.97. The van der Waals surface area contributed by atoms with Crippen LogP contribution in [-0.2, 0) is 18.4 Å². The van der Waals surface area contributed by atoms with E-state index in [1.54, 1.807) is 22.8 Å². The fourth-order valence-electron chi connectivity index (χ4n) is 3.01. The van der Waals surface area contributed by atoms with E-state index >= 15 is 0 Å². The number of amides is 2. The summed E-state index contributed by atoms with van der Waals surface area (Å²) in [5, 5.41) is 4.02. The fourth-order valence-corrected chi connectivity index (χ4v) is 3.01. The second kappa shape index (κ2) is 6.84. The Labute approximate surface area is 140 Å². The molecule has 0 bridgehead atoms. The molecule has 0 aliphatic carbocycles. The highest BCUT2D eigenvalue weighted by atomic mass is 16.2. The molecule has 1 atom stereocenters. The minimum Gasteiger partial charge on any atom is -0.368 e. The third-order valence-corrected chi connectivity index (χ3v) is 4.25. The second-order valence-electron chi connectivity index (χ2n) is 6.04. The lowest BCUT2D eigenvalue weighted by Crippen LogP contribution is -2.59. The van der Waals surface area contributed by atoms with Gasteiger partial charge in [0.2, 0.25) is 5.91 Å². The van der Waals surface area contributed by atoms with Crippen LogP contribution < -0.4 is 5.73 Å². The minimum atomic E-state index is -0.629. The van der Waals surface area contributed by atoms with Gasteiger partial charge in [-0.2, -0.15) is 5.10 Å². The molecule has 2 amide bonds. The molecule has 3 rings (SSSR count).